The summed E-state index contributed by atoms with van der Waals surface area (Å²) < 4.78 is 0. The Morgan fingerprint density at radius 2 is 2.08 bits per heavy atom. The van der Waals surface area contributed by atoms with Crippen molar-refractivity contribution in [1.82, 2.24) is 0 Å². The Labute approximate surface area is 90.7 Å². The Morgan fingerprint density at radius 3 is 2.46 bits per heavy atom. The van der Waals surface area contributed by atoms with Crippen molar-refractivity contribution in [2.24, 2.45) is 10.4 Å². The predicted octanol–water partition coefficient (Wildman–Crippen LogP) is 2.67. The molecule has 0 radical (unpaired) electrons. The number of hydrogen-bond acceptors (Lipinski definition) is 4. The van der Waals surface area contributed by atoms with Crippen LogP contribution in [0.15, 0.2) is 33.7 Å². The molecular formula is C8H9N2O2W-. The smallest absolute Gasteiger partial charge is 0 e. The number of nitroso groups, excluding NO2 is 2. The van der Waals surface area contributed by atoms with Crippen LogP contribution in [-0.2, 0) is 21.1 Å². The third-order valence-electron chi connectivity index (χ3n) is 1.87. The van der Waals surface area contributed by atoms with E-state index in [2.05, 4.69) is 10.4 Å². The van der Waals surface area contributed by atoms with Crippen LogP contribution in [0, 0.1) is 16.0 Å². The van der Waals surface area contributed by atoms with E-state index < -0.39 is 0 Å². The van der Waals surface area contributed by atoms with Crippen LogP contribution < -0.4 is 0 Å². The average Bonchev–Trinajstić information content (AvgIpc) is 2.47. The molecule has 0 amide bonds. The van der Waals surface area contributed by atoms with Gasteiger partial charge in [-0.3, -0.25) is 0 Å². The number of rotatable bonds is 4. The number of nitrogens with zero attached hydrogens (tertiary/aromatic N) is 2. The van der Waals surface area contributed by atoms with Gasteiger partial charge in [0.15, 0.2) is 0 Å². The first-order valence-electron chi connectivity index (χ1n) is 3.65. The molecule has 0 N–H and O–H groups in total. The first kappa shape index (κ1) is 12.2. The van der Waals surface area contributed by atoms with E-state index >= 15 is 0 Å². The zero-order chi connectivity index (χ0) is 8.97. The van der Waals surface area contributed by atoms with Gasteiger partial charge in [-0.15, -0.1) is 0 Å². The van der Waals surface area contributed by atoms with E-state index in [1.807, 2.05) is 19.1 Å². The monoisotopic (exact) mass is 349 g/mol. The van der Waals surface area contributed by atoms with Crippen LogP contribution >= 0.6 is 0 Å². The van der Waals surface area contributed by atoms with E-state index in [0.717, 1.165) is 17.6 Å². The van der Waals surface area contributed by atoms with Crippen molar-refractivity contribution >= 4 is 0 Å². The third kappa shape index (κ3) is 3.23. The SMILES string of the molecule is CC1=C(C[C-](N=O)N=O)CC=C1.[W]. The first-order valence-corrected chi connectivity index (χ1v) is 3.65. The van der Waals surface area contributed by atoms with Crippen LogP contribution in [0.4, 0.5) is 0 Å². The Hall–Kier alpha value is -0.762. The molecule has 5 heteroatoms. The maximum Gasteiger partial charge on any atom is 0 e. The number of allylic oxidation sites excluding steroid dienone is 3. The van der Waals surface area contributed by atoms with Gasteiger partial charge >= 0.3 is 0 Å². The maximum absolute atomic E-state index is 10.0. The fourth-order valence-corrected chi connectivity index (χ4v) is 1.14. The van der Waals surface area contributed by atoms with Crippen LogP contribution in [0.5, 0.6) is 0 Å². The van der Waals surface area contributed by atoms with E-state index in [-0.39, 0.29) is 33.7 Å². The van der Waals surface area contributed by atoms with Crippen molar-refractivity contribution in [3.05, 3.63) is 39.3 Å². The van der Waals surface area contributed by atoms with Gasteiger partial charge in [-0.2, -0.15) is 9.81 Å². The normalized spacial score (nSPS) is 13.9. The standard InChI is InChI=1S/C8H9N2O2.W/c1-6-3-2-4-7(6)5-8(9-11)10-12;/h2-3H,4-5H2,1H3;/q-1;. The van der Waals surface area contributed by atoms with Gasteiger partial charge in [0.25, 0.3) is 0 Å². The van der Waals surface area contributed by atoms with E-state index in [4.69, 9.17) is 0 Å². The minimum absolute atomic E-state index is 0. The molecule has 70 valence electrons. The van der Waals surface area contributed by atoms with Gasteiger partial charge in [0.1, 0.15) is 0 Å². The van der Waals surface area contributed by atoms with E-state index in [1.54, 1.807) is 0 Å². The van der Waals surface area contributed by atoms with Gasteiger partial charge in [0.2, 0.25) is 0 Å². The molecule has 1 rings (SSSR count). The zero-order valence-corrected chi connectivity index (χ0v) is 10.1. The molecule has 1 aliphatic rings. The fourth-order valence-electron chi connectivity index (χ4n) is 1.14. The van der Waals surface area contributed by atoms with E-state index in [9.17, 15) is 9.81 Å². The molecule has 0 aromatic carbocycles. The van der Waals surface area contributed by atoms with E-state index in [0.29, 0.717) is 0 Å². The van der Waals surface area contributed by atoms with E-state index in [1.165, 1.54) is 0 Å². The summed E-state index contributed by atoms with van der Waals surface area (Å²) in [6.45, 7) is 1.94. The van der Waals surface area contributed by atoms with Crippen molar-refractivity contribution in [3.8, 4) is 0 Å². The molecule has 1 aliphatic carbocycles. The summed E-state index contributed by atoms with van der Waals surface area (Å²) in [5, 5.41) is 5.06. The summed E-state index contributed by atoms with van der Waals surface area (Å²) in [5.74, 6) is 0. The van der Waals surface area contributed by atoms with Crippen LogP contribution in [-0.4, -0.2) is 0 Å². The van der Waals surface area contributed by atoms with Crippen molar-refractivity contribution in [3.63, 3.8) is 0 Å². The molecule has 0 saturated heterocycles. The molecular weight excluding hydrogens is 340 g/mol. The van der Waals surface area contributed by atoms with Gasteiger partial charge < -0.3 is 0 Å². The largest absolute Gasteiger partial charge is 0.202 e. The predicted molar refractivity (Wildman–Crippen MR) is 45.9 cm³/mol. The van der Waals surface area contributed by atoms with Crippen LogP contribution in [0.1, 0.15) is 19.8 Å². The zero-order valence-electron chi connectivity index (χ0n) is 7.19. The minimum atomic E-state index is -0.173. The molecule has 0 atom stereocenters. The molecule has 0 aromatic rings. The van der Waals surface area contributed by atoms with Crippen molar-refractivity contribution < 1.29 is 21.1 Å². The molecule has 0 saturated carbocycles. The molecule has 0 fully saturated rings. The quantitative estimate of drug-likeness (QED) is 0.579. The third-order valence-corrected chi connectivity index (χ3v) is 1.87. The second-order valence-electron chi connectivity index (χ2n) is 2.67. The maximum atomic E-state index is 10.0. The first-order chi connectivity index (χ1) is 5.77. The summed E-state index contributed by atoms with van der Waals surface area (Å²) in [6, 6.07) is 0. The molecule has 0 aromatic heterocycles. The van der Waals surface area contributed by atoms with Gasteiger partial charge in [0.05, 0.1) is 0 Å². The summed E-state index contributed by atoms with van der Waals surface area (Å²) in [4.78, 5) is 20.0. The average molecular weight is 349 g/mol. The Kier molecular flexibility index (Phi) is 5.47. The Morgan fingerprint density at radius 1 is 1.46 bits per heavy atom. The van der Waals surface area contributed by atoms with Crippen LogP contribution in [0.3, 0.4) is 0 Å². The fraction of sp³-hybridized carbons (Fsp3) is 0.375. The van der Waals surface area contributed by atoms with Crippen molar-refractivity contribution in [2.75, 3.05) is 0 Å². The molecule has 0 unspecified atom stereocenters. The summed E-state index contributed by atoms with van der Waals surface area (Å²) in [6.07, 6.45) is 4.85. The number of hydrogen-bond donors (Lipinski definition) is 0. The van der Waals surface area contributed by atoms with Gasteiger partial charge in [-0.25, -0.2) is 10.4 Å². The molecule has 4 nitrogen and oxygen atoms in total. The Bertz CT molecular complexity index is 253. The molecule has 0 bridgehead atoms. The summed E-state index contributed by atoms with van der Waals surface area (Å²) in [7, 11) is 0. The molecule has 0 spiro atoms. The topological polar surface area (TPSA) is 58.9 Å². The van der Waals surface area contributed by atoms with Crippen LogP contribution in [0.2, 0.25) is 0 Å². The Balaban J connectivity index is 0.00000144. The molecule has 0 heterocycles. The summed E-state index contributed by atoms with van der Waals surface area (Å²) in [5.41, 5.74) is 2.14. The van der Waals surface area contributed by atoms with Gasteiger partial charge in [-0.05, 0) is 13.3 Å². The van der Waals surface area contributed by atoms with Crippen LogP contribution in [0.25, 0.3) is 0 Å². The van der Waals surface area contributed by atoms with Gasteiger partial charge in [-0.1, -0.05) is 35.9 Å². The second-order valence-corrected chi connectivity index (χ2v) is 2.67. The molecule has 13 heavy (non-hydrogen) atoms. The van der Waals surface area contributed by atoms with Crippen molar-refractivity contribution in [1.29, 1.82) is 0 Å². The van der Waals surface area contributed by atoms with Gasteiger partial charge in [0, 0.05) is 21.1 Å². The minimum Gasteiger partial charge on any atom is -0.202 e. The van der Waals surface area contributed by atoms with Crippen molar-refractivity contribution in [2.45, 2.75) is 19.8 Å². The second kappa shape index (κ2) is 5.81. The molecule has 0 aliphatic heterocycles. The summed E-state index contributed by atoms with van der Waals surface area (Å²) >= 11 is 0.